The van der Waals surface area contributed by atoms with Crippen LogP contribution in [-0.4, -0.2) is 11.9 Å². The molecule has 1 fully saturated rings. The summed E-state index contributed by atoms with van der Waals surface area (Å²) in [6, 6.07) is 0. The van der Waals surface area contributed by atoms with Gasteiger partial charge in [0, 0.05) is 0 Å². The molecule has 2 N–H and O–H groups in total. The third kappa shape index (κ3) is 26.2. The third-order valence-electron chi connectivity index (χ3n) is 2.32. The lowest BCUT2D eigenvalue weighted by molar-refractivity contribution is -0.114. The van der Waals surface area contributed by atoms with Crippen molar-refractivity contribution in [3.05, 3.63) is 0 Å². The summed E-state index contributed by atoms with van der Waals surface area (Å²) in [5.74, 6) is 6.84. The summed E-state index contributed by atoms with van der Waals surface area (Å²) in [6.45, 7) is 20.1. The van der Waals surface area contributed by atoms with E-state index in [-0.39, 0.29) is 11.9 Å². The van der Waals surface area contributed by atoms with Gasteiger partial charge in [-0.05, 0) is 44.4 Å². The van der Waals surface area contributed by atoms with Crippen molar-refractivity contribution in [3.63, 3.8) is 0 Å². The standard InChI is InChI=1S/C7H15NO.C5H12.C3H6O.C2H6/c1-3-6-4-7(6)5(2)9-8;1-5(2,3)4;1-3(2)4;1-2/h5-7H,3-4,8H2,1-2H3;1-4H3;1-2H3;1-2H3. The molecule has 3 nitrogen and oxygen atoms in total. The lowest BCUT2D eigenvalue weighted by Crippen LogP contribution is -2.16. The summed E-state index contributed by atoms with van der Waals surface area (Å²) in [4.78, 5) is 14.2. The molecule has 0 aromatic heterocycles. The third-order valence-corrected chi connectivity index (χ3v) is 2.32. The average Bonchev–Trinajstić information content (AvgIpc) is 3.07. The number of rotatable bonds is 3. The van der Waals surface area contributed by atoms with E-state index in [1.54, 1.807) is 0 Å². The van der Waals surface area contributed by atoms with Crippen LogP contribution >= 0.6 is 0 Å². The zero-order chi connectivity index (χ0) is 16.9. The monoisotopic (exact) mass is 289 g/mol. The maximum absolute atomic E-state index is 9.44. The number of carbonyl (C=O) groups is 1. The largest absolute Gasteiger partial charge is 0.301 e. The van der Waals surface area contributed by atoms with Gasteiger partial charge in [0.2, 0.25) is 0 Å². The maximum Gasteiger partial charge on any atom is 0.126 e. The lowest BCUT2D eigenvalue weighted by Gasteiger charge is -2.05. The number of Topliss-reactive ketones (excluding diaryl/α,β-unsaturated/α-hetero) is 1. The highest BCUT2D eigenvalue weighted by Crippen LogP contribution is 2.43. The van der Waals surface area contributed by atoms with Gasteiger partial charge < -0.3 is 9.63 Å². The Hall–Kier alpha value is -0.410. The molecule has 0 amide bonds. The van der Waals surface area contributed by atoms with Crippen LogP contribution in [-0.2, 0) is 9.63 Å². The molecule has 20 heavy (non-hydrogen) atoms. The van der Waals surface area contributed by atoms with E-state index in [9.17, 15) is 4.79 Å². The Balaban J connectivity index is -0.000000226. The smallest absolute Gasteiger partial charge is 0.126 e. The molecule has 0 heterocycles. The Labute approximate surface area is 127 Å². The van der Waals surface area contributed by atoms with Crippen LogP contribution in [0.2, 0.25) is 0 Å². The molecular weight excluding hydrogens is 250 g/mol. The zero-order valence-corrected chi connectivity index (χ0v) is 15.5. The zero-order valence-electron chi connectivity index (χ0n) is 15.5. The fraction of sp³-hybridized carbons (Fsp3) is 0.941. The van der Waals surface area contributed by atoms with Crippen LogP contribution in [0.4, 0.5) is 0 Å². The second-order valence-electron chi connectivity index (χ2n) is 6.82. The minimum absolute atomic E-state index is 0.167. The molecule has 0 radical (unpaired) electrons. The van der Waals surface area contributed by atoms with Gasteiger partial charge in [-0.3, -0.25) is 0 Å². The van der Waals surface area contributed by atoms with Gasteiger partial charge in [0.1, 0.15) is 5.78 Å². The fourth-order valence-corrected chi connectivity index (χ4v) is 1.42. The van der Waals surface area contributed by atoms with Crippen molar-refractivity contribution in [2.45, 2.75) is 88.2 Å². The van der Waals surface area contributed by atoms with E-state index in [1.807, 2.05) is 20.8 Å². The molecule has 3 unspecified atom stereocenters. The molecule has 0 aromatic carbocycles. The molecule has 0 spiro atoms. The number of ketones is 1. The molecule has 0 bridgehead atoms. The van der Waals surface area contributed by atoms with Crippen molar-refractivity contribution in [3.8, 4) is 0 Å². The number of carbonyl (C=O) groups excluding carboxylic acids is 1. The summed E-state index contributed by atoms with van der Waals surface area (Å²) >= 11 is 0. The van der Waals surface area contributed by atoms with Crippen molar-refractivity contribution in [1.82, 2.24) is 0 Å². The van der Waals surface area contributed by atoms with E-state index in [2.05, 4.69) is 34.6 Å². The van der Waals surface area contributed by atoms with Crippen molar-refractivity contribution < 1.29 is 9.63 Å². The second-order valence-corrected chi connectivity index (χ2v) is 6.82. The molecule has 1 rings (SSSR count). The summed E-state index contributed by atoms with van der Waals surface area (Å²) in [7, 11) is 0. The van der Waals surface area contributed by atoms with E-state index in [1.165, 1.54) is 26.7 Å². The van der Waals surface area contributed by atoms with Gasteiger partial charge in [-0.25, -0.2) is 5.90 Å². The first kappa shape index (κ1) is 24.6. The van der Waals surface area contributed by atoms with E-state index >= 15 is 0 Å². The van der Waals surface area contributed by atoms with E-state index in [0.717, 1.165) is 11.8 Å². The summed E-state index contributed by atoms with van der Waals surface area (Å²) in [6.07, 6.45) is 2.86. The molecule has 0 aromatic rings. The van der Waals surface area contributed by atoms with Crippen LogP contribution in [0.15, 0.2) is 0 Å². The van der Waals surface area contributed by atoms with Crippen LogP contribution in [0.5, 0.6) is 0 Å². The van der Waals surface area contributed by atoms with Crippen molar-refractivity contribution in [2.24, 2.45) is 23.1 Å². The summed E-state index contributed by atoms with van der Waals surface area (Å²) < 4.78 is 0. The first-order chi connectivity index (χ1) is 9.02. The molecule has 1 aliphatic rings. The van der Waals surface area contributed by atoms with E-state index in [4.69, 9.17) is 10.7 Å². The minimum Gasteiger partial charge on any atom is -0.301 e. The Bertz CT molecular complexity index is 212. The van der Waals surface area contributed by atoms with E-state index < -0.39 is 0 Å². The second kappa shape index (κ2) is 13.6. The minimum atomic E-state index is 0.167. The Morgan fingerprint density at radius 3 is 1.70 bits per heavy atom. The highest BCUT2D eigenvalue weighted by atomic mass is 16.6. The summed E-state index contributed by atoms with van der Waals surface area (Å²) in [5.41, 5.74) is 0.500. The number of nitrogens with two attached hydrogens (primary N) is 1. The lowest BCUT2D eigenvalue weighted by atomic mass is 10.0. The van der Waals surface area contributed by atoms with Crippen molar-refractivity contribution >= 4 is 5.78 Å². The molecule has 0 saturated heterocycles. The predicted molar refractivity (Wildman–Crippen MR) is 89.5 cm³/mol. The van der Waals surface area contributed by atoms with Gasteiger partial charge in [0.15, 0.2) is 0 Å². The first-order valence-electron chi connectivity index (χ1n) is 7.85. The topological polar surface area (TPSA) is 52.3 Å². The number of hydrogen-bond acceptors (Lipinski definition) is 3. The van der Waals surface area contributed by atoms with Crippen LogP contribution in [0.1, 0.15) is 82.1 Å². The first-order valence-corrected chi connectivity index (χ1v) is 7.85. The van der Waals surface area contributed by atoms with E-state index in [0.29, 0.717) is 5.41 Å². The predicted octanol–water partition coefficient (Wildman–Crippen LogP) is 4.99. The fourth-order valence-electron chi connectivity index (χ4n) is 1.42. The maximum atomic E-state index is 9.44. The highest BCUT2D eigenvalue weighted by molar-refractivity contribution is 5.72. The average molecular weight is 290 g/mol. The van der Waals surface area contributed by atoms with Gasteiger partial charge in [-0.15, -0.1) is 0 Å². The van der Waals surface area contributed by atoms with Crippen molar-refractivity contribution in [2.75, 3.05) is 0 Å². The van der Waals surface area contributed by atoms with Crippen molar-refractivity contribution in [1.29, 1.82) is 0 Å². The van der Waals surface area contributed by atoms with Crippen LogP contribution in [0.3, 0.4) is 0 Å². The van der Waals surface area contributed by atoms with Gasteiger partial charge in [-0.1, -0.05) is 54.9 Å². The van der Waals surface area contributed by atoms with Gasteiger partial charge in [-0.2, -0.15) is 0 Å². The highest BCUT2D eigenvalue weighted by Gasteiger charge is 2.39. The SMILES string of the molecule is CC.CC(C)(C)C.CC(C)=O.CCC1CC1C(C)ON. The Morgan fingerprint density at radius 2 is 1.55 bits per heavy atom. The van der Waals surface area contributed by atoms with Crippen LogP contribution in [0.25, 0.3) is 0 Å². The van der Waals surface area contributed by atoms with Gasteiger partial charge in [0.25, 0.3) is 0 Å². The molecule has 3 heteroatoms. The Kier molecular flexibility index (Phi) is 16.7. The quantitative estimate of drug-likeness (QED) is 0.745. The molecule has 0 aliphatic heterocycles. The molecular formula is C17H39NO2. The number of hydrogen-bond donors (Lipinski definition) is 1. The van der Waals surface area contributed by atoms with Gasteiger partial charge >= 0.3 is 0 Å². The Morgan fingerprint density at radius 1 is 1.25 bits per heavy atom. The molecule has 1 aliphatic carbocycles. The molecule has 1 saturated carbocycles. The molecule has 3 atom stereocenters. The normalized spacial score (nSPS) is 20.9. The van der Waals surface area contributed by atoms with Crippen LogP contribution < -0.4 is 5.90 Å². The molecule has 124 valence electrons. The summed E-state index contributed by atoms with van der Waals surface area (Å²) in [5, 5.41) is 0. The van der Waals surface area contributed by atoms with Crippen LogP contribution in [0, 0.1) is 17.3 Å². The van der Waals surface area contributed by atoms with Gasteiger partial charge in [0.05, 0.1) is 6.10 Å².